The lowest BCUT2D eigenvalue weighted by molar-refractivity contribution is -0.123. The second-order valence-electron chi connectivity index (χ2n) is 7.23. The molecule has 3 N–H and O–H groups in total. The number of hydrazine groups is 1. The summed E-state index contributed by atoms with van der Waals surface area (Å²) >= 11 is 8.42. The van der Waals surface area contributed by atoms with Gasteiger partial charge in [-0.1, -0.05) is 19.9 Å². The number of hydrogen-bond acceptors (Lipinski definition) is 5. The van der Waals surface area contributed by atoms with Crippen molar-refractivity contribution in [3.05, 3.63) is 58.1 Å². The van der Waals surface area contributed by atoms with E-state index in [9.17, 15) is 9.59 Å². The molecule has 0 spiro atoms. The first-order valence-corrected chi connectivity index (χ1v) is 11.0. The third-order valence-electron chi connectivity index (χ3n) is 4.07. The fourth-order valence-corrected chi connectivity index (χ4v) is 3.10. The van der Waals surface area contributed by atoms with Crippen LogP contribution in [0.4, 0.5) is 0 Å². The lowest BCUT2D eigenvalue weighted by atomic mass is 10.1. The average molecular weight is 508 g/mol. The van der Waals surface area contributed by atoms with E-state index in [1.54, 1.807) is 30.3 Å². The maximum Gasteiger partial charge on any atom is 0.276 e. The van der Waals surface area contributed by atoms with Gasteiger partial charge in [0.15, 0.2) is 11.7 Å². The molecule has 2 amide bonds. The molecule has 0 aromatic heterocycles. The summed E-state index contributed by atoms with van der Waals surface area (Å²) in [6.07, 6.45) is 0.960. The van der Waals surface area contributed by atoms with Gasteiger partial charge in [-0.25, -0.2) is 0 Å². The molecule has 9 heteroatoms. The first-order chi connectivity index (χ1) is 14.7. The Hall–Kier alpha value is -2.65. The van der Waals surface area contributed by atoms with Crippen LogP contribution in [0.3, 0.4) is 0 Å². The molecule has 166 valence electrons. The fourth-order valence-electron chi connectivity index (χ4n) is 2.35. The van der Waals surface area contributed by atoms with Crippen molar-refractivity contribution in [1.29, 1.82) is 0 Å². The molecule has 0 fully saturated rings. The third kappa shape index (κ3) is 8.94. The van der Waals surface area contributed by atoms with Gasteiger partial charge in [0.05, 0.1) is 11.1 Å². The van der Waals surface area contributed by atoms with Crippen LogP contribution in [0.15, 0.2) is 46.9 Å². The third-order valence-corrected chi connectivity index (χ3v) is 4.89. The minimum atomic E-state index is -0.452. The summed E-state index contributed by atoms with van der Waals surface area (Å²) in [5, 5.41) is 2.46. The molecule has 0 saturated carbocycles. The Morgan fingerprint density at radius 3 is 2.42 bits per heavy atom. The Kier molecular flexibility index (Phi) is 9.74. The van der Waals surface area contributed by atoms with Gasteiger partial charge >= 0.3 is 0 Å². The molecule has 0 bridgehead atoms. The quantitative estimate of drug-likeness (QED) is 0.371. The zero-order valence-corrected chi connectivity index (χ0v) is 20.1. The van der Waals surface area contributed by atoms with Gasteiger partial charge in [0, 0.05) is 5.56 Å². The molecule has 0 aliphatic rings. The van der Waals surface area contributed by atoms with Crippen molar-refractivity contribution in [3.8, 4) is 11.5 Å². The molecule has 0 heterocycles. The molecule has 2 aromatic carbocycles. The number of nitrogens with one attached hydrogen (secondary N) is 3. The SMILES string of the molecule is Cc1ccc(OCC(=O)NNC(=S)NC(=O)c2ccc(OCCC(C)C)cc2)c(Br)c1. The largest absolute Gasteiger partial charge is 0.494 e. The number of amides is 2. The van der Waals surface area contributed by atoms with E-state index in [4.69, 9.17) is 21.7 Å². The smallest absolute Gasteiger partial charge is 0.276 e. The standard InChI is InChI=1S/C22H26BrN3O4S/c1-14(2)10-11-29-17-7-5-16(6-8-17)21(28)24-22(31)26-25-20(27)13-30-19-9-4-15(3)12-18(19)23/h4-9,12,14H,10-11,13H2,1-3H3,(H,25,27)(H2,24,26,28,31). The Bertz CT molecular complexity index is 919. The molecule has 0 unspecified atom stereocenters. The van der Waals surface area contributed by atoms with E-state index >= 15 is 0 Å². The Morgan fingerprint density at radius 1 is 1.06 bits per heavy atom. The van der Waals surface area contributed by atoms with Gasteiger partial charge in [-0.05, 0) is 89.4 Å². The highest BCUT2D eigenvalue weighted by atomic mass is 79.9. The number of ether oxygens (including phenoxy) is 2. The molecule has 2 rings (SSSR count). The molecular weight excluding hydrogens is 482 g/mol. The maximum atomic E-state index is 12.3. The number of benzene rings is 2. The molecule has 0 saturated heterocycles. The Morgan fingerprint density at radius 2 is 1.77 bits per heavy atom. The zero-order chi connectivity index (χ0) is 22.8. The van der Waals surface area contributed by atoms with Crippen molar-refractivity contribution in [2.24, 2.45) is 5.92 Å². The summed E-state index contributed by atoms with van der Waals surface area (Å²) in [5.74, 6) is 0.959. The van der Waals surface area contributed by atoms with Crippen molar-refractivity contribution in [3.63, 3.8) is 0 Å². The van der Waals surface area contributed by atoms with Gasteiger partial charge in [-0.15, -0.1) is 0 Å². The predicted molar refractivity (Wildman–Crippen MR) is 127 cm³/mol. The number of thiocarbonyl (C=S) groups is 1. The van der Waals surface area contributed by atoms with Crippen LogP contribution < -0.4 is 25.6 Å². The van der Waals surface area contributed by atoms with Crippen molar-refractivity contribution in [1.82, 2.24) is 16.2 Å². The molecule has 0 atom stereocenters. The number of carbonyl (C=O) groups is 2. The number of aryl methyl sites for hydroxylation is 1. The predicted octanol–water partition coefficient (Wildman–Crippen LogP) is 3.90. The van der Waals surface area contributed by atoms with Crippen LogP contribution in [0.25, 0.3) is 0 Å². The van der Waals surface area contributed by atoms with Gasteiger partial charge in [0.1, 0.15) is 11.5 Å². The van der Waals surface area contributed by atoms with Crippen LogP contribution >= 0.6 is 28.1 Å². The zero-order valence-electron chi connectivity index (χ0n) is 17.7. The summed E-state index contributed by atoms with van der Waals surface area (Å²) in [6.45, 7) is 6.63. The molecule has 0 aliphatic heterocycles. The highest BCUT2D eigenvalue weighted by Crippen LogP contribution is 2.25. The minimum Gasteiger partial charge on any atom is -0.494 e. The van der Waals surface area contributed by atoms with E-state index in [2.05, 4.69) is 45.9 Å². The number of carbonyl (C=O) groups excluding carboxylic acids is 2. The maximum absolute atomic E-state index is 12.3. The normalized spacial score (nSPS) is 10.4. The van der Waals surface area contributed by atoms with Crippen molar-refractivity contribution in [2.75, 3.05) is 13.2 Å². The summed E-state index contributed by atoms with van der Waals surface area (Å²) < 4.78 is 11.8. The van der Waals surface area contributed by atoms with E-state index in [1.807, 2.05) is 19.1 Å². The first-order valence-electron chi connectivity index (χ1n) is 9.76. The van der Waals surface area contributed by atoms with Crippen LogP contribution in [0.5, 0.6) is 11.5 Å². The van der Waals surface area contributed by atoms with E-state index in [0.29, 0.717) is 29.6 Å². The van der Waals surface area contributed by atoms with E-state index in [1.165, 1.54) is 0 Å². The first kappa shape index (κ1) is 24.6. The molecule has 31 heavy (non-hydrogen) atoms. The van der Waals surface area contributed by atoms with Gasteiger partial charge < -0.3 is 9.47 Å². The summed E-state index contributed by atoms with van der Waals surface area (Å²) in [7, 11) is 0. The topological polar surface area (TPSA) is 88.7 Å². The minimum absolute atomic E-state index is 0.0351. The number of hydrogen-bond donors (Lipinski definition) is 3. The van der Waals surface area contributed by atoms with Crippen LogP contribution in [0, 0.1) is 12.8 Å². The average Bonchev–Trinajstić information content (AvgIpc) is 2.72. The van der Waals surface area contributed by atoms with Gasteiger partial charge in [0.25, 0.3) is 11.8 Å². The Balaban J connectivity index is 1.72. The van der Waals surface area contributed by atoms with Gasteiger partial charge in [0.2, 0.25) is 0 Å². The van der Waals surface area contributed by atoms with Crippen LogP contribution in [0.2, 0.25) is 0 Å². The molecule has 7 nitrogen and oxygen atoms in total. The summed E-state index contributed by atoms with van der Waals surface area (Å²) in [6, 6.07) is 12.3. The lowest BCUT2D eigenvalue weighted by Gasteiger charge is -2.12. The van der Waals surface area contributed by atoms with Crippen LogP contribution in [-0.4, -0.2) is 30.1 Å². The molecule has 2 aromatic rings. The highest BCUT2D eigenvalue weighted by Gasteiger charge is 2.10. The van der Waals surface area contributed by atoms with Crippen molar-refractivity contribution >= 4 is 45.1 Å². The lowest BCUT2D eigenvalue weighted by Crippen LogP contribution is -2.49. The van der Waals surface area contributed by atoms with E-state index in [-0.39, 0.29) is 11.7 Å². The molecule has 0 radical (unpaired) electrons. The second kappa shape index (κ2) is 12.3. The second-order valence-corrected chi connectivity index (χ2v) is 8.50. The summed E-state index contributed by atoms with van der Waals surface area (Å²) in [4.78, 5) is 24.2. The van der Waals surface area contributed by atoms with Crippen LogP contribution in [-0.2, 0) is 4.79 Å². The van der Waals surface area contributed by atoms with Gasteiger partial charge in [-0.2, -0.15) is 0 Å². The highest BCUT2D eigenvalue weighted by molar-refractivity contribution is 9.10. The number of halogens is 1. The Labute approximate surface area is 196 Å². The van der Waals surface area contributed by atoms with E-state index in [0.717, 1.165) is 16.5 Å². The molecular formula is C22H26BrN3O4S. The van der Waals surface area contributed by atoms with E-state index < -0.39 is 11.8 Å². The fraction of sp³-hybridized carbons (Fsp3) is 0.318. The van der Waals surface area contributed by atoms with Crippen LogP contribution in [0.1, 0.15) is 36.2 Å². The van der Waals surface area contributed by atoms with Crippen molar-refractivity contribution in [2.45, 2.75) is 27.2 Å². The monoisotopic (exact) mass is 507 g/mol. The summed E-state index contributed by atoms with van der Waals surface area (Å²) in [5.41, 5.74) is 6.34. The van der Waals surface area contributed by atoms with Crippen molar-refractivity contribution < 1.29 is 19.1 Å². The molecule has 0 aliphatic carbocycles. The van der Waals surface area contributed by atoms with Gasteiger partial charge in [-0.3, -0.25) is 25.8 Å². The number of rotatable bonds is 8.